The van der Waals surface area contributed by atoms with E-state index in [4.69, 9.17) is 0 Å². The van der Waals surface area contributed by atoms with Crippen molar-refractivity contribution in [1.82, 2.24) is 0 Å². The third-order valence-corrected chi connectivity index (χ3v) is 4.10. The normalized spacial score (nSPS) is 16.5. The minimum atomic E-state index is -9.15. The molecule has 0 saturated heterocycles. The average Bonchev–Trinajstić information content (AvgIpc) is 2.58. The molecule has 0 radical (unpaired) electrons. The van der Waals surface area contributed by atoms with E-state index in [2.05, 4.69) is 6.58 Å². The van der Waals surface area contributed by atoms with Crippen LogP contribution in [0.3, 0.4) is 0 Å². The van der Waals surface area contributed by atoms with Crippen molar-refractivity contribution in [3.63, 3.8) is 0 Å². The van der Waals surface area contributed by atoms with Crippen LogP contribution in [0.2, 0.25) is 0 Å². The molecule has 0 heterocycles. The predicted octanol–water partition coefficient (Wildman–Crippen LogP) is 8.23. The lowest BCUT2D eigenvalue weighted by atomic mass is 9.85. The van der Waals surface area contributed by atoms with Crippen molar-refractivity contribution in [2.24, 2.45) is 0 Å². The Morgan fingerprint density at radius 1 is 0.400 bits per heavy atom. The van der Waals surface area contributed by atoms with Crippen molar-refractivity contribution in [2.75, 3.05) is 0 Å². The first-order valence-corrected chi connectivity index (χ1v) is 7.78. The summed E-state index contributed by atoms with van der Waals surface area (Å²) in [5.74, 6) is -76.6. The lowest BCUT2D eigenvalue weighted by Gasteiger charge is -2.44. The zero-order chi connectivity index (χ0) is 29.3. The summed E-state index contributed by atoms with van der Waals surface area (Å²) >= 11 is 0. The van der Waals surface area contributed by atoms with Gasteiger partial charge in [0.05, 0.1) is 0 Å². The SMILES string of the molecule is C=C(C)CC(F)(F)C(F)(F)C(F)(F)C(F)(F)C(F)(F)C(F)(F)C(F)(F)C(F)(F)C(F)(F)C(F)(F)F. The molecule has 0 spiro atoms. The zero-order valence-electron chi connectivity index (χ0n) is 15.9. The van der Waals surface area contributed by atoms with E-state index < -0.39 is 71.5 Å². The minimum Gasteiger partial charge on any atom is -0.199 e. The van der Waals surface area contributed by atoms with E-state index in [1.807, 2.05) is 0 Å². The smallest absolute Gasteiger partial charge is 0.199 e. The molecule has 0 aliphatic heterocycles. The fraction of sp³-hybridized carbons (Fsp3) is 0.857. The molecule has 0 unspecified atom stereocenters. The maximum absolute atomic E-state index is 13.5. The Kier molecular flexibility index (Phi) is 7.74. The fourth-order valence-electron chi connectivity index (χ4n) is 2.08. The van der Waals surface area contributed by atoms with Gasteiger partial charge in [-0.05, 0) is 6.92 Å². The van der Waals surface area contributed by atoms with Gasteiger partial charge in [0.1, 0.15) is 0 Å². The first kappa shape index (κ1) is 33.3. The second-order valence-corrected chi connectivity index (χ2v) is 6.93. The summed E-state index contributed by atoms with van der Waals surface area (Å²) in [5, 5.41) is 0. The monoisotopic (exact) mass is 574 g/mol. The van der Waals surface area contributed by atoms with Crippen molar-refractivity contribution in [3.05, 3.63) is 12.2 Å². The van der Waals surface area contributed by atoms with Gasteiger partial charge in [-0.3, -0.25) is 0 Å². The lowest BCUT2D eigenvalue weighted by Crippen LogP contribution is -2.76. The molecule has 21 heteroatoms. The number of rotatable bonds is 10. The van der Waals surface area contributed by atoms with E-state index >= 15 is 0 Å². The number of hydrogen-bond acceptors (Lipinski definition) is 0. The highest BCUT2D eigenvalue weighted by Crippen LogP contribution is 2.66. The average molecular weight is 574 g/mol. The van der Waals surface area contributed by atoms with Gasteiger partial charge in [0, 0.05) is 6.42 Å². The van der Waals surface area contributed by atoms with Crippen LogP contribution < -0.4 is 0 Å². The Balaban J connectivity index is 7.05. The molecule has 35 heavy (non-hydrogen) atoms. The largest absolute Gasteiger partial charge is 0.460 e. The Morgan fingerprint density at radius 3 is 0.800 bits per heavy atom. The number of allylic oxidation sites excluding steroid dienone is 1. The molecule has 0 aromatic carbocycles. The number of alkyl halides is 21. The van der Waals surface area contributed by atoms with Crippen molar-refractivity contribution < 1.29 is 92.2 Å². The van der Waals surface area contributed by atoms with Gasteiger partial charge in [0.25, 0.3) is 0 Å². The van der Waals surface area contributed by atoms with Gasteiger partial charge in [-0.15, -0.1) is 0 Å². The summed E-state index contributed by atoms with van der Waals surface area (Å²) < 4.78 is 275. The molecule has 0 atom stereocenters. The van der Waals surface area contributed by atoms with Crippen LogP contribution in [-0.2, 0) is 0 Å². The second-order valence-electron chi connectivity index (χ2n) is 6.93. The molecule has 0 nitrogen and oxygen atoms in total. The molecule has 0 rings (SSSR count). The van der Waals surface area contributed by atoms with Gasteiger partial charge >= 0.3 is 59.5 Å². The minimum absolute atomic E-state index is 0.326. The molecule has 0 saturated carbocycles. The van der Waals surface area contributed by atoms with Crippen molar-refractivity contribution in [1.29, 1.82) is 0 Å². The fourth-order valence-corrected chi connectivity index (χ4v) is 2.08. The van der Waals surface area contributed by atoms with E-state index in [-0.39, 0.29) is 0 Å². The summed E-state index contributed by atoms with van der Waals surface area (Å²) in [5.41, 5.74) is -1.27. The van der Waals surface area contributed by atoms with E-state index in [1.54, 1.807) is 0 Å². The van der Waals surface area contributed by atoms with Gasteiger partial charge < -0.3 is 0 Å². The van der Waals surface area contributed by atoms with Crippen LogP contribution in [0, 0.1) is 0 Å². The quantitative estimate of drug-likeness (QED) is 0.182. The van der Waals surface area contributed by atoms with Crippen LogP contribution in [-0.4, -0.2) is 59.5 Å². The predicted molar refractivity (Wildman–Crippen MR) is 70.0 cm³/mol. The van der Waals surface area contributed by atoms with E-state index in [0.29, 0.717) is 6.92 Å². The molecule has 0 aromatic rings. The van der Waals surface area contributed by atoms with Gasteiger partial charge in [-0.1, -0.05) is 12.2 Å². The highest BCUT2D eigenvalue weighted by Gasteiger charge is 2.97. The molecule has 0 aromatic heterocycles. The second kappa shape index (κ2) is 8.14. The van der Waals surface area contributed by atoms with Crippen LogP contribution in [0.4, 0.5) is 92.2 Å². The molecule has 0 amide bonds. The van der Waals surface area contributed by atoms with Gasteiger partial charge in [-0.25, -0.2) is 0 Å². The van der Waals surface area contributed by atoms with Crippen molar-refractivity contribution >= 4 is 0 Å². The van der Waals surface area contributed by atoms with E-state index in [9.17, 15) is 92.2 Å². The third-order valence-electron chi connectivity index (χ3n) is 4.10. The summed E-state index contributed by atoms with van der Waals surface area (Å²) in [7, 11) is 0. The van der Waals surface area contributed by atoms with Crippen LogP contribution in [0.1, 0.15) is 13.3 Å². The molecular formula is C14H7F21. The number of halogens is 21. The van der Waals surface area contributed by atoms with Crippen molar-refractivity contribution in [2.45, 2.75) is 72.8 Å². The Morgan fingerprint density at radius 2 is 0.600 bits per heavy atom. The molecule has 210 valence electrons. The van der Waals surface area contributed by atoms with Crippen LogP contribution in [0.5, 0.6) is 0 Å². The van der Waals surface area contributed by atoms with Crippen molar-refractivity contribution in [3.8, 4) is 0 Å². The lowest BCUT2D eigenvalue weighted by molar-refractivity contribution is -0.474. The maximum atomic E-state index is 13.5. The molecule has 0 aliphatic rings. The first-order chi connectivity index (χ1) is 14.7. The summed E-state index contributed by atoms with van der Waals surface area (Å²) in [6.07, 6.45) is -10.8. The molecule has 0 aliphatic carbocycles. The standard InChI is InChI=1S/C14H7F21/c1-4(2)3-5(15,16)6(17,18)7(19,20)8(21,22)9(23,24)10(25,26)11(27,28)12(29,30)13(31,32)14(33,34)35/h1,3H2,2H3. The third kappa shape index (κ3) is 4.16. The first-order valence-electron chi connectivity index (χ1n) is 7.78. The van der Waals surface area contributed by atoms with Crippen LogP contribution in [0.25, 0.3) is 0 Å². The zero-order valence-corrected chi connectivity index (χ0v) is 15.9. The van der Waals surface area contributed by atoms with E-state index in [0.717, 1.165) is 0 Å². The molecule has 0 fully saturated rings. The van der Waals surface area contributed by atoms with Gasteiger partial charge in [-0.2, -0.15) is 92.2 Å². The maximum Gasteiger partial charge on any atom is 0.460 e. The van der Waals surface area contributed by atoms with E-state index in [1.165, 1.54) is 0 Å². The summed E-state index contributed by atoms with van der Waals surface area (Å²) in [6.45, 7) is 2.75. The number of hydrogen-bond donors (Lipinski definition) is 0. The van der Waals surface area contributed by atoms with Crippen LogP contribution in [0.15, 0.2) is 12.2 Å². The summed E-state index contributed by atoms with van der Waals surface area (Å²) in [4.78, 5) is 0. The Labute approximate surface area is 178 Å². The van der Waals surface area contributed by atoms with Gasteiger partial charge in [0.2, 0.25) is 0 Å². The Hall–Kier alpha value is -1.73. The van der Waals surface area contributed by atoms with Crippen LogP contribution >= 0.6 is 0 Å². The summed E-state index contributed by atoms with van der Waals surface area (Å²) in [6, 6.07) is 0. The molecule has 0 bridgehead atoms. The molecular weight excluding hydrogens is 567 g/mol. The highest BCUT2D eigenvalue weighted by atomic mass is 19.4. The Bertz CT molecular complexity index is 797. The topological polar surface area (TPSA) is 0 Å². The highest BCUT2D eigenvalue weighted by molar-refractivity contribution is 5.18. The molecule has 0 N–H and O–H groups in total. The van der Waals surface area contributed by atoms with Gasteiger partial charge in [0.15, 0.2) is 0 Å².